The molecular weight excluding hydrogens is 284 g/mol. The third kappa shape index (κ3) is 4.09. The molecule has 1 unspecified atom stereocenters. The maximum absolute atomic E-state index is 5.57. The standard InChI is InChI=1S/C12H17BrN2S/c13-10-3-5-12(6-4-10)16-8-11(15-14)7-9-1-2-9/h3-6,9,11,15H,1-2,7-8,14H2. The van der Waals surface area contributed by atoms with E-state index in [4.69, 9.17) is 5.84 Å². The largest absolute Gasteiger partial charge is 0.271 e. The molecule has 3 N–H and O–H groups in total. The van der Waals surface area contributed by atoms with E-state index < -0.39 is 0 Å². The van der Waals surface area contributed by atoms with Gasteiger partial charge >= 0.3 is 0 Å². The molecule has 4 heteroatoms. The number of nitrogens with two attached hydrogens (primary N) is 1. The Morgan fingerprint density at radius 1 is 1.38 bits per heavy atom. The Bertz CT molecular complexity index is 324. The van der Waals surface area contributed by atoms with Crippen molar-refractivity contribution in [1.82, 2.24) is 5.43 Å². The molecule has 0 saturated heterocycles. The van der Waals surface area contributed by atoms with Crippen LogP contribution in [0.4, 0.5) is 0 Å². The summed E-state index contributed by atoms with van der Waals surface area (Å²) in [5.74, 6) is 7.54. The van der Waals surface area contributed by atoms with Gasteiger partial charge in [0.05, 0.1) is 0 Å². The summed E-state index contributed by atoms with van der Waals surface area (Å²) in [4.78, 5) is 1.30. The second-order valence-corrected chi connectivity index (χ2v) is 6.32. The van der Waals surface area contributed by atoms with E-state index in [1.807, 2.05) is 11.8 Å². The van der Waals surface area contributed by atoms with Crippen molar-refractivity contribution in [2.45, 2.75) is 30.2 Å². The number of thioether (sulfide) groups is 1. The number of hydrogen-bond acceptors (Lipinski definition) is 3. The van der Waals surface area contributed by atoms with Crippen LogP contribution in [0, 0.1) is 5.92 Å². The van der Waals surface area contributed by atoms with Crippen molar-refractivity contribution in [1.29, 1.82) is 0 Å². The van der Waals surface area contributed by atoms with Crippen LogP contribution in [-0.2, 0) is 0 Å². The predicted octanol–water partition coefficient (Wildman–Crippen LogP) is 3.17. The molecule has 1 aromatic carbocycles. The number of halogens is 1. The van der Waals surface area contributed by atoms with Gasteiger partial charge in [0.25, 0.3) is 0 Å². The van der Waals surface area contributed by atoms with E-state index >= 15 is 0 Å². The molecule has 2 rings (SSSR count). The molecule has 1 aliphatic carbocycles. The Kier molecular flexibility index (Phi) is 4.70. The van der Waals surface area contributed by atoms with E-state index in [0.29, 0.717) is 6.04 Å². The van der Waals surface area contributed by atoms with Crippen molar-refractivity contribution in [3.63, 3.8) is 0 Å². The monoisotopic (exact) mass is 300 g/mol. The summed E-state index contributed by atoms with van der Waals surface area (Å²) in [6.45, 7) is 0. The fraction of sp³-hybridized carbons (Fsp3) is 0.500. The van der Waals surface area contributed by atoms with Gasteiger partial charge in [-0.05, 0) is 36.6 Å². The summed E-state index contributed by atoms with van der Waals surface area (Å²) in [6, 6.07) is 8.88. The SMILES string of the molecule is NNC(CSc1ccc(Br)cc1)CC1CC1. The third-order valence-corrected chi connectivity index (χ3v) is 4.52. The second kappa shape index (κ2) is 6.05. The van der Waals surface area contributed by atoms with Crippen molar-refractivity contribution in [2.24, 2.45) is 11.8 Å². The summed E-state index contributed by atoms with van der Waals surface area (Å²) in [5, 5.41) is 0. The first-order valence-corrected chi connectivity index (χ1v) is 7.40. The van der Waals surface area contributed by atoms with Crippen LogP contribution in [-0.4, -0.2) is 11.8 Å². The van der Waals surface area contributed by atoms with Crippen molar-refractivity contribution < 1.29 is 0 Å². The molecule has 0 heterocycles. The first-order chi connectivity index (χ1) is 7.78. The molecule has 88 valence electrons. The second-order valence-electron chi connectivity index (χ2n) is 4.31. The maximum Gasteiger partial charge on any atom is 0.0307 e. The molecule has 0 radical (unpaired) electrons. The number of benzene rings is 1. The highest BCUT2D eigenvalue weighted by molar-refractivity contribution is 9.10. The van der Waals surface area contributed by atoms with Gasteiger partial charge in [-0.15, -0.1) is 11.8 Å². The highest BCUT2D eigenvalue weighted by Gasteiger charge is 2.24. The molecule has 1 saturated carbocycles. The van der Waals surface area contributed by atoms with Gasteiger partial charge in [-0.25, -0.2) is 0 Å². The highest BCUT2D eigenvalue weighted by atomic mass is 79.9. The van der Waals surface area contributed by atoms with Crippen LogP contribution in [0.3, 0.4) is 0 Å². The molecule has 1 atom stereocenters. The van der Waals surface area contributed by atoms with Gasteiger partial charge in [0.15, 0.2) is 0 Å². The van der Waals surface area contributed by atoms with Gasteiger partial charge in [0.1, 0.15) is 0 Å². The molecule has 0 aliphatic heterocycles. The maximum atomic E-state index is 5.57. The Morgan fingerprint density at radius 3 is 2.62 bits per heavy atom. The summed E-state index contributed by atoms with van der Waals surface area (Å²) in [6.07, 6.45) is 4.00. The zero-order chi connectivity index (χ0) is 11.4. The molecule has 16 heavy (non-hydrogen) atoms. The molecule has 1 fully saturated rings. The number of hydrazine groups is 1. The van der Waals surface area contributed by atoms with Crippen LogP contribution in [0.25, 0.3) is 0 Å². The van der Waals surface area contributed by atoms with Gasteiger partial charge in [-0.1, -0.05) is 28.8 Å². The van der Waals surface area contributed by atoms with Gasteiger partial charge in [0, 0.05) is 21.2 Å². The Hall–Kier alpha value is -0.0300. The Morgan fingerprint density at radius 2 is 2.06 bits per heavy atom. The molecule has 0 bridgehead atoms. The van der Waals surface area contributed by atoms with E-state index in [1.54, 1.807) is 0 Å². The zero-order valence-electron chi connectivity index (χ0n) is 9.16. The third-order valence-electron chi connectivity index (χ3n) is 2.82. The lowest BCUT2D eigenvalue weighted by molar-refractivity contribution is 0.508. The first kappa shape index (κ1) is 12.4. The van der Waals surface area contributed by atoms with E-state index in [-0.39, 0.29) is 0 Å². The number of nitrogens with one attached hydrogen (secondary N) is 1. The lowest BCUT2D eigenvalue weighted by Crippen LogP contribution is -2.37. The molecule has 1 aromatic rings. The summed E-state index contributed by atoms with van der Waals surface area (Å²) >= 11 is 5.31. The average Bonchev–Trinajstić information content (AvgIpc) is 3.10. The Balaban J connectivity index is 1.77. The van der Waals surface area contributed by atoms with Crippen LogP contribution in [0.5, 0.6) is 0 Å². The molecule has 1 aliphatic rings. The van der Waals surface area contributed by atoms with Crippen molar-refractivity contribution in [2.75, 3.05) is 5.75 Å². The van der Waals surface area contributed by atoms with Gasteiger partial charge < -0.3 is 0 Å². The molecular formula is C12H17BrN2S. The van der Waals surface area contributed by atoms with E-state index in [2.05, 4.69) is 45.6 Å². The summed E-state index contributed by atoms with van der Waals surface area (Å²) < 4.78 is 1.13. The fourth-order valence-electron chi connectivity index (χ4n) is 1.67. The summed E-state index contributed by atoms with van der Waals surface area (Å²) in [7, 11) is 0. The minimum Gasteiger partial charge on any atom is -0.271 e. The first-order valence-electron chi connectivity index (χ1n) is 5.62. The van der Waals surface area contributed by atoms with Crippen LogP contribution < -0.4 is 11.3 Å². The average molecular weight is 301 g/mol. The van der Waals surface area contributed by atoms with Crippen molar-refractivity contribution >= 4 is 27.7 Å². The zero-order valence-corrected chi connectivity index (χ0v) is 11.6. The Labute approximate surface area is 109 Å². The lowest BCUT2D eigenvalue weighted by atomic mass is 10.2. The van der Waals surface area contributed by atoms with Gasteiger partial charge in [0.2, 0.25) is 0 Å². The smallest absolute Gasteiger partial charge is 0.0307 e. The van der Waals surface area contributed by atoms with Gasteiger partial charge in [-0.3, -0.25) is 11.3 Å². The molecule has 2 nitrogen and oxygen atoms in total. The quantitative estimate of drug-likeness (QED) is 0.481. The predicted molar refractivity (Wildman–Crippen MR) is 73.3 cm³/mol. The minimum absolute atomic E-state index is 0.446. The van der Waals surface area contributed by atoms with E-state index in [1.165, 1.54) is 24.2 Å². The van der Waals surface area contributed by atoms with E-state index in [9.17, 15) is 0 Å². The van der Waals surface area contributed by atoms with Crippen LogP contribution in [0.2, 0.25) is 0 Å². The van der Waals surface area contributed by atoms with Gasteiger partial charge in [-0.2, -0.15) is 0 Å². The van der Waals surface area contributed by atoms with Crippen LogP contribution in [0.15, 0.2) is 33.6 Å². The fourth-order valence-corrected chi connectivity index (χ4v) is 2.89. The normalized spacial score (nSPS) is 17.4. The number of hydrogen-bond donors (Lipinski definition) is 2. The van der Waals surface area contributed by atoms with E-state index in [0.717, 1.165) is 16.1 Å². The highest BCUT2D eigenvalue weighted by Crippen LogP contribution is 2.34. The molecule has 0 spiro atoms. The summed E-state index contributed by atoms with van der Waals surface area (Å²) in [5.41, 5.74) is 2.92. The van der Waals surface area contributed by atoms with Crippen LogP contribution >= 0.6 is 27.7 Å². The lowest BCUT2D eigenvalue weighted by Gasteiger charge is -2.14. The minimum atomic E-state index is 0.446. The molecule has 0 amide bonds. The van der Waals surface area contributed by atoms with Crippen molar-refractivity contribution in [3.8, 4) is 0 Å². The number of rotatable bonds is 6. The topological polar surface area (TPSA) is 38.0 Å². The van der Waals surface area contributed by atoms with Crippen molar-refractivity contribution in [3.05, 3.63) is 28.7 Å². The molecule has 0 aromatic heterocycles. The van der Waals surface area contributed by atoms with Crippen LogP contribution in [0.1, 0.15) is 19.3 Å².